The summed E-state index contributed by atoms with van der Waals surface area (Å²) in [4.78, 5) is 23.5. The van der Waals surface area contributed by atoms with Gasteiger partial charge in [-0.1, -0.05) is 0 Å². The van der Waals surface area contributed by atoms with Crippen molar-refractivity contribution in [3.8, 4) is 0 Å². The summed E-state index contributed by atoms with van der Waals surface area (Å²) in [5.74, 6) is 1.21. The van der Waals surface area contributed by atoms with Crippen molar-refractivity contribution in [1.82, 2.24) is 0 Å². The third-order valence-electron chi connectivity index (χ3n) is 2.91. The molecule has 4 heteroatoms. The van der Waals surface area contributed by atoms with Crippen LogP contribution in [0.25, 0.3) is 0 Å². The Kier molecular flexibility index (Phi) is 3.84. The fraction of sp³-hybridized carbons (Fsp3) is 0.385. The number of methoxy groups -OCH3 is 1. The molecular formula is C13H15O3S+. The minimum absolute atomic E-state index is 0.0598. The highest BCUT2D eigenvalue weighted by Gasteiger charge is 2.34. The maximum Gasteiger partial charge on any atom is 0.334 e. The van der Waals surface area contributed by atoms with Crippen LogP contribution in [-0.4, -0.2) is 30.9 Å². The SMILES string of the molecule is COC(=O)C1=C2C=CC[S+](CC=O)C2=CCC1. The number of ether oxygens (including phenoxy) is 1. The van der Waals surface area contributed by atoms with Crippen LogP contribution in [0.4, 0.5) is 0 Å². The van der Waals surface area contributed by atoms with Crippen LogP contribution < -0.4 is 0 Å². The van der Waals surface area contributed by atoms with Crippen LogP contribution >= 0.6 is 0 Å². The van der Waals surface area contributed by atoms with E-state index < -0.39 is 0 Å². The zero-order valence-corrected chi connectivity index (χ0v) is 10.6. The summed E-state index contributed by atoms with van der Waals surface area (Å²) < 4.78 is 4.81. The first-order valence-electron chi connectivity index (χ1n) is 5.57. The molecule has 3 nitrogen and oxygen atoms in total. The van der Waals surface area contributed by atoms with Crippen molar-refractivity contribution in [2.24, 2.45) is 0 Å². The highest BCUT2D eigenvalue weighted by Crippen LogP contribution is 2.34. The maximum absolute atomic E-state index is 11.7. The maximum atomic E-state index is 11.7. The molecule has 2 aliphatic rings. The van der Waals surface area contributed by atoms with E-state index in [1.165, 1.54) is 12.0 Å². The molecule has 0 aromatic heterocycles. The van der Waals surface area contributed by atoms with Crippen molar-refractivity contribution in [2.75, 3.05) is 18.6 Å². The Labute approximate surface area is 104 Å². The van der Waals surface area contributed by atoms with Gasteiger partial charge in [-0.3, -0.25) is 4.79 Å². The van der Waals surface area contributed by atoms with Gasteiger partial charge in [0.15, 0.2) is 16.9 Å². The quantitative estimate of drug-likeness (QED) is 0.434. The first-order valence-corrected chi connectivity index (χ1v) is 7.14. The van der Waals surface area contributed by atoms with Crippen LogP contribution in [0.5, 0.6) is 0 Å². The third kappa shape index (κ3) is 2.36. The third-order valence-corrected chi connectivity index (χ3v) is 5.05. The van der Waals surface area contributed by atoms with Crippen molar-refractivity contribution in [2.45, 2.75) is 12.8 Å². The molecule has 1 atom stereocenters. The molecule has 1 heterocycles. The lowest BCUT2D eigenvalue weighted by atomic mass is 9.97. The zero-order valence-electron chi connectivity index (χ0n) is 9.77. The van der Waals surface area contributed by atoms with E-state index in [-0.39, 0.29) is 16.9 Å². The number of fused-ring (bicyclic) bond motifs is 1. The van der Waals surface area contributed by atoms with Gasteiger partial charge in [0, 0.05) is 22.0 Å². The number of esters is 1. The zero-order chi connectivity index (χ0) is 12.3. The number of carbonyl (C=O) groups is 2. The van der Waals surface area contributed by atoms with Crippen LogP contribution in [0.2, 0.25) is 0 Å². The Balaban J connectivity index is 2.38. The van der Waals surface area contributed by atoms with Gasteiger partial charge >= 0.3 is 5.97 Å². The van der Waals surface area contributed by atoms with Gasteiger partial charge in [-0.25, -0.2) is 4.79 Å². The monoisotopic (exact) mass is 251 g/mol. The molecule has 0 N–H and O–H groups in total. The molecule has 1 aliphatic heterocycles. The van der Waals surface area contributed by atoms with Crippen molar-refractivity contribution in [1.29, 1.82) is 0 Å². The molecule has 0 amide bonds. The normalized spacial score (nSPS) is 22.9. The number of hydrogen-bond donors (Lipinski definition) is 0. The number of hydrogen-bond acceptors (Lipinski definition) is 3. The molecule has 0 fully saturated rings. The van der Waals surface area contributed by atoms with Gasteiger partial charge in [-0.15, -0.1) is 0 Å². The molecule has 0 saturated heterocycles. The largest absolute Gasteiger partial charge is 0.466 e. The molecule has 0 aromatic rings. The van der Waals surface area contributed by atoms with Gasteiger partial charge in [0.25, 0.3) is 0 Å². The van der Waals surface area contributed by atoms with Crippen LogP contribution in [0.1, 0.15) is 12.8 Å². The summed E-state index contributed by atoms with van der Waals surface area (Å²) in [7, 11) is 1.35. The Morgan fingerprint density at radius 2 is 2.41 bits per heavy atom. The van der Waals surface area contributed by atoms with Crippen LogP contribution in [-0.2, 0) is 25.2 Å². The summed E-state index contributed by atoms with van der Waals surface area (Å²) in [6.45, 7) is 0. The molecule has 0 saturated carbocycles. The van der Waals surface area contributed by atoms with Crippen LogP contribution in [0.3, 0.4) is 0 Å². The minimum Gasteiger partial charge on any atom is -0.466 e. The molecular weight excluding hydrogens is 236 g/mol. The standard InChI is InChI=1S/C13H15O3S/c1-16-13(15)11-4-2-6-12-10(11)5-3-8-17(12)9-7-14/h3,5-7H,2,4,8-9H2,1H3/q+1. The molecule has 0 aromatic carbocycles. The van der Waals surface area contributed by atoms with Gasteiger partial charge in [0.1, 0.15) is 5.75 Å². The van der Waals surface area contributed by atoms with E-state index >= 15 is 0 Å². The Bertz CT molecular complexity index is 432. The van der Waals surface area contributed by atoms with Crippen LogP contribution in [0.15, 0.2) is 34.3 Å². The Morgan fingerprint density at radius 1 is 1.59 bits per heavy atom. The molecule has 1 unspecified atom stereocenters. The number of carbonyl (C=O) groups excluding carboxylic acids is 2. The summed E-state index contributed by atoms with van der Waals surface area (Å²) in [6.07, 6.45) is 8.76. The lowest BCUT2D eigenvalue weighted by molar-refractivity contribution is -0.136. The minimum atomic E-state index is -0.244. The summed E-state index contributed by atoms with van der Waals surface area (Å²) in [5.41, 5.74) is 1.74. The lowest BCUT2D eigenvalue weighted by Crippen LogP contribution is -2.23. The van der Waals surface area contributed by atoms with E-state index in [4.69, 9.17) is 4.74 Å². The fourth-order valence-corrected chi connectivity index (χ4v) is 3.99. The molecule has 0 bridgehead atoms. The van der Waals surface area contributed by atoms with E-state index in [0.29, 0.717) is 5.75 Å². The average Bonchev–Trinajstić information content (AvgIpc) is 2.38. The summed E-state index contributed by atoms with van der Waals surface area (Å²) in [6, 6.07) is 0. The number of rotatable bonds is 3. The second kappa shape index (κ2) is 5.36. The smallest absolute Gasteiger partial charge is 0.334 e. The van der Waals surface area contributed by atoms with E-state index in [9.17, 15) is 9.59 Å². The molecule has 90 valence electrons. The van der Waals surface area contributed by atoms with E-state index in [1.807, 2.05) is 12.2 Å². The van der Waals surface area contributed by atoms with E-state index in [2.05, 4.69) is 6.08 Å². The highest BCUT2D eigenvalue weighted by atomic mass is 32.2. The van der Waals surface area contributed by atoms with Crippen molar-refractivity contribution in [3.05, 3.63) is 34.3 Å². The molecule has 2 rings (SSSR count). The van der Waals surface area contributed by atoms with Crippen molar-refractivity contribution < 1.29 is 14.3 Å². The van der Waals surface area contributed by atoms with Gasteiger partial charge in [-0.05, 0) is 31.1 Å². The van der Waals surface area contributed by atoms with Gasteiger partial charge in [-0.2, -0.15) is 0 Å². The van der Waals surface area contributed by atoms with Crippen LogP contribution in [0, 0.1) is 0 Å². The number of aldehydes is 1. The second-order valence-corrected chi connectivity index (χ2v) is 5.98. The topological polar surface area (TPSA) is 43.4 Å². The molecule has 17 heavy (non-hydrogen) atoms. The number of allylic oxidation sites excluding steroid dienone is 3. The van der Waals surface area contributed by atoms with Gasteiger partial charge in [0.05, 0.1) is 7.11 Å². The van der Waals surface area contributed by atoms with Gasteiger partial charge in [0.2, 0.25) is 0 Å². The van der Waals surface area contributed by atoms with E-state index in [0.717, 1.165) is 36.0 Å². The predicted molar refractivity (Wildman–Crippen MR) is 68.7 cm³/mol. The Hall–Kier alpha value is -1.29. The Morgan fingerprint density at radius 3 is 3.12 bits per heavy atom. The molecule has 0 radical (unpaired) electrons. The highest BCUT2D eigenvalue weighted by molar-refractivity contribution is 8.01. The second-order valence-electron chi connectivity index (χ2n) is 3.89. The first-order chi connectivity index (χ1) is 8.27. The first kappa shape index (κ1) is 12.2. The fourth-order valence-electron chi connectivity index (χ4n) is 2.14. The summed E-state index contributed by atoms with van der Waals surface area (Å²) >= 11 is 0. The molecule has 0 spiro atoms. The lowest BCUT2D eigenvalue weighted by Gasteiger charge is -2.20. The predicted octanol–water partition coefficient (Wildman–Crippen LogP) is 1.52. The van der Waals surface area contributed by atoms with Crippen molar-refractivity contribution in [3.63, 3.8) is 0 Å². The molecule has 1 aliphatic carbocycles. The average molecular weight is 251 g/mol. The van der Waals surface area contributed by atoms with Gasteiger partial charge < -0.3 is 4.74 Å². The van der Waals surface area contributed by atoms with E-state index in [1.54, 1.807) is 0 Å². The summed E-state index contributed by atoms with van der Waals surface area (Å²) in [5, 5.41) is 0. The van der Waals surface area contributed by atoms with Crippen molar-refractivity contribution >= 4 is 23.2 Å².